The van der Waals surface area contributed by atoms with E-state index in [0.717, 1.165) is 39.3 Å². The molecule has 7 nitrogen and oxygen atoms in total. The standard InChI is InChI=1S/C28H27ClFN5O2S/c1-34(2)11-4-7-25(36)35-12-10-21-24(15-35)38-28-26(21)27(31-17-32-28)33-20-8-9-23(22(29)14-20)37-16-18-5-3-6-19(30)13-18/h3-9,13-14,17H,10-12,15-16H2,1-2H3,(H,31,32,33)/b7-4+. The van der Waals surface area contributed by atoms with E-state index >= 15 is 0 Å². The van der Waals surface area contributed by atoms with Crippen molar-refractivity contribution in [2.24, 2.45) is 0 Å². The molecule has 4 aromatic rings. The van der Waals surface area contributed by atoms with E-state index in [1.54, 1.807) is 41.7 Å². The highest BCUT2D eigenvalue weighted by atomic mass is 35.5. The Morgan fingerprint density at radius 3 is 2.92 bits per heavy atom. The average molecular weight is 552 g/mol. The SMILES string of the molecule is CN(C)C/C=C/C(=O)N1CCc2c(sc3ncnc(Nc4ccc(OCc5cccc(F)c5)c(Cl)c4)c23)C1. The molecule has 0 atom stereocenters. The second-order valence-electron chi connectivity index (χ2n) is 9.27. The van der Waals surface area contributed by atoms with E-state index in [2.05, 4.69) is 15.3 Å². The average Bonchev–Trinajstić information content (AvgIpc) is 3.27. The highest BCUT2D eigenvalue weighted by molar-refractivity contribution is 7.19. The molecule has 0 saturated heterocycles. The molecule has 0 fully saturated rings. The number of halogens is 2. The lowest BCUT2D eigenvalue weighted by molar-refractivity contribution is -0.126. The van der Waals surface area contributed by atoms with Crippen molar-refractivity contribution in [3.63, 3.8) is 0 Å². The van der Waals surface area contributed by atoms with E-state index in [9.17, 15) is 9.18 Å². The number of benzene rings is 2. The molecule has 2 aromatic heterocycles. The Labute approximate surface area is 229 Å². The number of hydrogen-bond donors (Lipinski definition) is 1. The first-order valence-electron chi connectivity index (χ1n) is 12.2. The second kappa shape index (κ2) is 11.5. The molecular formula is C28H27ClFN5O2S. The number of thiophene rings is 1. The summed E-state index contributed by atoms with van der Waals surface area (Å²) in [5.41, 5.74) is 2.65. The Kier molecular flexibility index (Phi) is 7.87. The third-order valence-electron chi connectivity index (χ3n) is 6.16. The molecule has 1 amide bonds. The van der Waals surface area contributed by atoms with Crippen LogP contribution in [-0.4, -0.2) is 52.9 Å². The summed E-state index contributed by atoms with van der Waals surface area (Å²) in [6.45, 7) is 2.14. The summed E-state index contributed by atoms with van der Waals surface area (Å²) in [6, 6.07) is 11.7. The van der Waals surface area contributed by atoms with Crippen molar-refractivity contribution in [2.75, 3.05) is 32.5 Å². The lowest BCUT2D eigenvalue weighted by atomic mass is 10.0. The van der Waals surface area contributed by atoms with Gasteiger partial charge in [0.05, 0.1) is 17.0 Å². The summed E-state index contributed by atoms with van der Waals surface area (Å²) in [5, 5.41) is 4.78. The van der Waals surface area contributed by atoms with Crippen molar-refractivity contribution in [1.29, 1.82) is 0 Å². The fourth-order valence-corrected chi connectivity index (χ4v) is 5.74. The van der Waals surface area contributed by atoms with Gasteiger partial charge in [0.15, 0.2) is 0 Å². The summed E-state index contributed by atoms with van der Waals surface area (Å²) in [5.74, 6) is 0.919. The van der Waals surface area contributed by atoms with Gasteiger partial charge in [-0.3, -0.25) is 4.79 Å². The molecular weight excluding hydrogens is 525 g/mol. The highest BCUT2D eigenvalue weighted by Gasteiger charge is 2.25. The van der Waals surface area contributed by atoms with Gasteiger partial charge in [-0.25, -0.2) is 14.4 Å². The monoisotopic (exact) mass is 551 g/mol. The van der Waals surface area contributed by atoms with Crippen LogP contribution in [0, 0.1) is 5.82 Å². The van der Waals surface area contributed by atoms with Gasteiger partial charge in [-0.1, -0.05) is 29.8 Å². The number of carbonyl (C=O) groups is 1. The van der Waals surface area contributed by atoms with Crippen LogP contribution in [0.25, 0.3) is 10.2 Å². The van der Waals surface area contributed by atoms with Crippen molar-refractivity contribution >= 4 is 50.6 Å². The van der Waals surface area contributed by atoms with Gasteiger partial charge in [-0.15, -0.1) is 11.3 Å². The van der Waals surface area contributed by atoms with Crippen LogP contribution >= 0.6 is 22.9 Å². The van der Waals surface area contributed by atoms with Crippen LogP contribution in [-0.2, 0) is 24.4 Å². The van der Waals surface area contributed by atoms with Gasteiger partial charge in [0.1, 0.15) is 35.1 Å². The lowest BCUT2D eigenvalue weighted by Crippen LogP contribution is -2.34. The number of hydrogen-bond acceptors (Lipinski definition) is 7. The third kappa shape index (κ3) is 5.96. The Balaban J connectivity index is 1.31. The molecule has 1 N–H and O–H groups in total. The molecule has 3 heterocycles. The van der Waals surface area contributed by atoms with Gasteiger partial charge < -0.3 is 19.9 Å². The van der Waals surface area contributed by atoms with Gasteiger partial charge in [-0.2, -0.15) is 0 Å². The number of fused-ring (bicyclic) bond motifs is 3. The van der Waals surface area contributed by atoms with E-state index in [-0.39, 0.29) is 18.3 Å². The number of aromatic nitrogens is 2. The van der Waals surface area contributed by atoms with Gasteiger partial charge in [-0.05, 0) is 62.0 Å². The summed E-state index contributed by atoms with van der Waals surface area (Å²) < 4.78 is 19.2. The first kappa shape index (κ1) is 26.1. The molecule has 196 valence electrons. The van der Waals surface area contributed by atoms with Gasteiger partial charge in [0, 0.05) is 29.7 Å². The summed E-state index contributed by atoms with van der Waals surface area (Å²) in [4.78, 5) is 27.5. The van der Waals surface area contributed by atoms with E-state index in [1.807, 2.05) is 36.0 Å². The van der Waals surface area contributed by atoms with Gasteiger partial charge in [0.2, 0.25) is 5.91 Å². The largest absolute Gasteiger partial charge is 0.487 e. The number of anilines is 2. The topological polar surface area (TPSA) is 70.6 Å². The molecule has 0 aliphatic carbocycles. The van der Waals surface area contributed by atoms with Gasteiger partial charge >= 0.3 is 0 Å². The summed E-state index contributed by atoms with van der Waals surface area (Å²) in [7, 11) is 3.94. The maximum Gasteiger partial charge on any atom is 0.246 e. The molecule has 1 aliphatic rings. The zero-order valence-electron chi connectivity index (χ0n) is 21.1. The lowest BCUT2D eigenvalue weighted by Gasteiger charge is -2.26. The number of nitrogens with zero attached hydrogens (tertiary/aromatic N) is 4. The molecule has 0 radical (unpaired) electrons. The minimum Gasteiger partial charge on any atom is -0.487 e. The first-order chi connectivity index (χ1) is 18.4. The smallest absolute Gasteiger partial charge is 0.246 e. The Bertz CT molecular complexity index is 1510. The van der Waals surface area contributed by atoms with Crippen LogP contribution in [0.5, 0.6) is 5.75 Å². The van der Waals surface area contributed by atoms with E-state index in [1.165, 1.54) is 24.0 Å². The molecule has 0 saturated carbocycles. The molecule has 1 aliphatic heterocycles. The Morgan fingerprint density at radius 2 is 2.13 bits per heavy atom. The summed E-state index contributed by atoms with van der Waals surface area (Å²) in [6.07, 6.45) is 5.81. The molecule has 38 heavy (non-hydrogen) atoms. The predicted octanol–water partition coefficient (Wildman–Crippen LogP) is 5.81. The number of ether oxygens (including phenoxy) is 1. The van der Waals surface area contributed by atoms with Crippen LogP contribution in [0.15, 0.2) is 60.9 Å². The van der Waals surface area contributed by atoms with Crippen LogP contribution in [0.1, 0.15) is 16.0 Å². The maximum absolute atomic E-state index is 13.4. The number of likely N-dealkylation sites (N-methyl/N-ethyl adjacent to an activating group) is 1. The van der Waals surface area contributed by atoms with Crippen molar-refractivity contribution < 1.29 is 13.9 Å². The zero-order valence-corrected chi connectivity index (χ0v) is 22.7. The van der Waals surface area contributed by atoms with Gasteiger partial charge in [0.25, 0.3) is 0 Å². The number of rotatable bonds is 8. The number of amides is 1. The van der Waals surface area contributed by atoms with Crippen molar-refractivity contribution in [2.45, 2.75) is 19.6 Å². The Morgan fingerprint density at radius 1 is 1.26 bits per heavy atom. The van der Waals surface area contributed by atoms with Crippen molar-refractivity contribution in [3.8, 4) is 5.75 Å². The molecule has 0 unspecified atom stereocenters. The normalized spacial score (nSPS) is 13.3. The maximum atomic E-state index is 13.4. The summed E-state index contributed by atoms with van der Waals surface area (Å²) >= 11 is 8.08. The minimum atomic E-state index is -0.306. The van der Waals surface area contributed by atoms with Crippen LogP contribution in [0.3, 0.4) is 0 Å². The molecule has 5 rings (SSSR count). The van der Waals surface area contributed by atoms with Crippen molar-refractivity contribution in [3.05, 3.63) is 87.8 Å². The van der Waals surface area contributed by atoms with E-state index in [4.69, 9.17) is 16.3 Å². The quantitative estimate of drug-likeness (QED) is 0.279. The fraction of sp³-hybridized carbons (Fsp3) is 0.250. The van der Waals surface area contributed by atoms with Crippen LogP contribution < -0.4 is 10.1 Å². The third-order valence-corrected chi connectivity index (χ3v) is 7.58. The molecule has 0 bridgehead atoms. The van der Waals surface area contributed by atoms with Crippen molar-refractivity contribution in [1.82, 2.24) is 19.8 Å². The van der Waals surface area contributed by atoms with Crippen LogP contribution in [0.2, 0.25) is 5.02 Å². The second-order valence-corrected chi connectivity index (χ2v) is 10.8. The van der Waals surface area contributed by atoms with E-state index in [0.29, 0.717) is 29.7 Å². The number of carbonyl (C=O) groups excluding carboxylic acids is 1. The number of nitrogens with one attached hydrogen (secondary N) is 1. The molecule has 0 spiro atoms. The molecule has 10 heteroatoms. The van der Waals surface area contributed by atoms with Crippen LogP contribution in [0.4, 0.5) is 15.9 Å². The Hall–Kier alpha value is -3.53. The van der Waals surface area contributed by atoms with E-state index < -0.39 is 0 Å². The highest BCUT2D eigenvalue weighted by Crippen LogP contribution is 2.38. The fourth-order valence-electron chi connectivity index (χ4n) is 4.30. The minimum absolute atomic E-state index is 0.0220. The first-order valence-corrected chi connectivity index (χ1v) is 13.4. The predicted molar refractivity (Wildman–Crippen MR) is 150 cm³/mol. The zero-order chi connectivity index (χ0) is 26.6. The molecule has 2 aromatic carbocycles.